The third kappa shape index (κ3) is 5.54. The zero-order chi connectivity index (χ0) is 26.5. The van der Waals surface area contributed by atoms with Crippen LogP contribution in [0.15, 0.2) is 103 Å². The van der Waals surface area contributed by atoms with Crippen LogP contribution in [0, 0.1) is 0 Å². The van der Waals surface area contributed by atoms with E-state index in [1.54, 1.807) is 31.4 Å². The van der Waals surface area contributed by atoms with Crippen LogP contribution in [0.5, 0.6) is 5.75 Å². The SMILES string of the molecule is COc1ccc(C2CC(c3ccccc3)Nc3ccc(CC(NC(=O)c4ccccc4)C(=O)O)cc32)cc1. The van der Waals surface area contributed by atoms with Crippen LogP contribution in [0.25, 0.3) is 0 Å². The van der Waals surface area contributed by atoms with E-state index in [-0.39, 0.29) is 18.4 Å². The summed E-state index contributed by atoms with van der Waals surface area (Å²) >= 11 is 0. The molecule has 0 bridgehead atoms. The number of methoxy groups -OCH3 is 1. The van der Waals surface area contributed by atoms with Gasteiger partial charge >= 0.3 is 5.97 Å². The first-order valence-corrected chi connectivity index (χ1v) is 12.7. The minimum atomic E-state index is -1.07. The van der Waals surface area contributed by atoms with E-state index in [2.05, 4.69) is 41.0 Å². The normalized spacial score (nSPS) is 17.0. The Hall–Kier alpha value is -4.58. The fourth-order valence-electron chi connectivity index (χ4n) is 5.09. The van der Waals surface area contributed by atoms with Gasteiger partial charge in [-0.1, -0.05) is 72.8 Å². The highest BCUT2D eigenvalue weighted by atomic mass is 16.5. The Morgan fingerprint density at radius 2 is 1.61 bits per heavy atom. The molecule has 0 aliphatic carbocycles. The Kier molecular flexibility index (Phi) is 7.40. The van der Waals surface area contributed by atoms with Crippen molar-refractivity contribution in [2.75, 3.05) is 12.4 Å². The molecular formula is C32H30N2O4. The number of carbonyl (C=O) groups is 2. The largest absolute Gasteiger partial charge is 0.497 e. The number of rotatable bonds is 8. The molecule has 3 unspecified atom stereocenters. The number of aliphatic carboxylic acids is 1. The molecule has 0 saturated carbocycles. The molecule has 1 amide bonds. The van der Waals surface area contributed by atoms with Gasteiger partial charge in [-0.2, -0.15) is 0 Å². The lowest BCUT2D eigenvalue weighted by Crippen LogP contribution is -2.42. The predicted octanol–water partition coefficient (Wildman–Crippen LogP) is 5.81. The first kappa shape index (κ1) is 25.1. The second-order valence-electron chi connectivity index (χ2n) is 9.53. The number of hydrogen-bond acceptors (Lipinski definition) is 4. The number of benzene rings is 4. The van der Waals surface area contributed by atoms with Gasteiger partial charge < -0.3 is 20.5 Å². The number of anilines is 1. The topological polar surface area (TPSA) is 87.7 Å². The number of ether oxygens (including phenoxy) is 1. The standard InChI is InChI=1S/C32H30N2O4/c1-38-25-15-13-22(14-16-25)26-20-29(23-8-4-2-5-9-23)33-28-17-12-21(18-27(26)28)19-30(32(36)37)34-31(35)24-10-6-3-7-11-24/h2-18,26,29-30,33H,19-20H2,1H3,(H,34,35)(H,36,37). The van der Waals surface area contributed by atoms with E-state index in [4.69, 9.17) is 4.74 Å². The molecule has 192 valence electrons. The molecule has 0 saturated heterocycles. The van der Waals surface area contributed by atoms with Crippen LogP contribution >= 0.6 is 0 Å². The second kappa shape index (κ2) is 11.2. The van der Waals surface area contributed by atoms with Crippen molar-refractivity contribution in [2.24, 2.45) is 0 Å². The van der Waals surface area contributed by atoms with Crippen LogP contribution in [-0.2, 0) is 11.2 Å². The Bertz CT molecular complexity index is 1400. The fourth-order valence-corrected chi connectivity index (χ4v) is 5.09. The van der Waals surface area contributed by atoms with Crippen molar-refractivity contribution >= 4 is 17.6 Å². The van der Waals surface area contributed by atoms with Gasteiger partial charge in [-0.3, -0.25) is 4.79 Å². The summed E-state index contributed by atoms with van der Waals surface area (Å²) in [6, 6.07) is 32.3. The summed E-state index contributed by atoms with van der Waals surface area (Å²) < 4.78 is 5.36. The van der Waals surface area contributed by atoms with Crippen LogP contribution < -0.4 is 15.4 Å². The molecule has 0 aromatic heterocycles. The van der Waals surface area contributed by atoms with Crippen molar-refractivity contribution in [3.8, 4) is 5.75 Å². The average Bonchev–Trinajstić information content (AvgIpc) is 2.97. The minimum absolute atomic E-state index is 0.101. The van der Waals surface area contributed by atoms with Crippen LogP contribution in [0.1, 0.15) is 51.0 Å². The van der Waals surface area contributed by atoms with Gasteiger partial charge in [0.05, 0.1) is 13.2 Å². The molecule has 0 fully saturated rings. The summed E-state index contributed by atoms with van der Waals surface area (Å²) in [5, 5.41) is 16.2. The third-order valence-electron chi connectivity index (χ3n) is 7.09. The van der Waals surface area contributed by atoms with E-state index >= 15 is 0 Å². The lowest BCUT2D eigenvalue weighted by molar-refractivity contribution is -0.139. The smallest absolute Gasteiger partial charge is 0.326 e. The summed E-state index contributed by atoms with van der Waals surface area (Å²) in [6.07, 6.45) is 1.03. The lowest BCUT2D eigenvalue weighted by Gasteiger charge is -2.34. The number of nitrogens with one attached hydrogen (secondary N) is 2. The molecule has 4 aromatic rings. The number of carboxylic acid groups (broad SMARTS) is 1. The van der Waals surface area contributed by atoms with Crippen molar-refractivity contribution in [3.05, 3.63) is 131 Å². The first-order valence-electron chi connectivity index (χ1n) is 12.7. The van der Waals surface area contributed by atoms with Gasteiger partial charge in [-0.05, 0) is 59.0 Å². The highest BCUT2D eigenvalue weighted by Gasteiger charge is 2.30. The van der Waals surface area contributed by atoms with Crippen LogP contribution in [0.2, 0.25) is 0 Å². The van der Waals surface area contributed by atoms with E-state index in [0.29, 0.717) is 5.56 Å². The Morgan fingerprint density at radius 3 is 2.26 bits per heavy atom. The highest BCUT2D eigenvalue weighted by molar-refractivity contribution is 5.96. The summed E-state index contributed by atoms with van der Waals surface area (Å²) in [5.74, 6) is -0.570. The van der Waals surface area contributed by atoms with Crippen LogP contribution in [-0.4, -0.2) is 30.1 Å². The van der Waals surface area contributed by atoms with Crippen LogP contribution in [0.3, 0.4) is 0 Å². The molecule has 1 aliphatic rings. The molecule has 1 aliphatic heterocycles. The molecule has 6 nitrogen and oxygen atoms in total. The van der Waals surface area contributed by atoms with Gasteiger partial charge in [0.15, 0.2) is 0 Å². The van der Waals surface area contributed by atoms with E-state index < -0.39 is 17.9 Å². The van der Waals surface area contributed by atoms with E-state index in [1.165, 1.54) is 11.1 Å². The van der Waals surface area contributed by atoms with Gasteiger partial charge in [0.2, 0.25) is 0 Å². The monoisotopic (exact) mass is 506 g/mol. The zero-order valence-electron chi connectivity index (χ0n) is 21.1. The first-order chi connectivity index (χ1) is 18.5. The van der Waals surface area contributed by atoms with Crippen LogP contribution in [0.4, 0.5) is 5.69 Å². The average molecular weight is 507 g/mol. The molecule has 3 N–H and O–H groups in total. The third-order valence-corrected chi connectivity index (χ3v) is 7.09. The summed E-state index contributed by atoms with van der Waals surface area (Å²) in [7, 11) is 1.65. The van der Waals surface area contributed by atoms with Crippen molar-refractivity contribution in [2.45, 2.75) is 30.8 Å². The van der Waals surface area contributed by atoms with E-state index in [0.717, 1.165) is 29.0 Å². The second-order valence-corrected chi connectivity index (χ2v) is 9.53. The summed E-state index contributed by atoms with van der Waals surface area (Å²) in [4.78, 5) is 24.7. The van der Waals surface area contributed by atoms with Gasteiger partial charge in [-0.25, -0.2) is 4.79 Å². The van der Waals surface area contributed by atoms with Gasteiger partial charge in [0, 0.05) is 23.6 Å². The van der Waals surface area contributed by atoms with Crippen molar-refractivity contribution in [1.29, 1.82) is 0 Å². The Balaban J connectivity index is 1.45. The number of amides is 1. The molecule has 5 rings (SSSR count). The molecule has 6 heteroatoms. The Morgan fingerprint density at radius 1 is 0.921 bits per heavy atom. The predicted molar refractivity (Wildman–Crippen MR) is 148 cm³/mol. The summed E-state index contributed by atoms with van der Waals surface area (Å²) in [6.45, 7) is 0. The van der Waals surface area contributed by atoms with Crippen molar-refractivity contribution < 1.29 is 19.4 Å². The molecule has 1 heterocycles. The number of carboxylic acids is 1. The van der Waals surface area contributed by atoms with E-state index in [1.807, 2.05) is 48.5 Å². The maximum absolute atomic E-state index is 12.6. The molecule has 38 heavy (non-hydrogen) atoms. The molecular weight excluding hydrogens is 476 g/mol. The van der Waals surface area contributed by atoms with Gasteiger partial charge in [0.25, 0.3) is 5.91 Å². The van der Waals surface area contributed by atoms with Crippen molar-refractivity contribution in [3.63, 3.8) is 0 Å². The number of fused-ring (bicyclic) bond motifs is 1. The van der Waals surface area contributed by atoms with Gasteiger partial charge in [-0.15, -0.1) is 0 Å². The highest BCUT2D eigenvalue weighted by Crippen LogP contribution is 2.44. The van der Waals surface area contributed by atoms with E-state index in [9.17, 15) is 14.7 Å². The lowest BCUT2D eigenvalue weighted by atomic mass is 9.79. The van der Waals surface area contributed by atoms with Crippen molar-refractivity contribution in [1.82, 2.24) is 5.32 Å². The number of hydrogen-bond donors (Lipinski definition) is 3. The summed E-state index contributed by atoms with van der Waals surface area (Å²) in [5.41, 5.74) is 5.80. The maximum Gasteiger partial charge on any atom is 0.326 e. The number of carbonyl (C=O) groups excluding carboxylic acids is 1. The molecule has 3 atom stereocenters. The minimum Gasteiger partial charge on any atom is -0.497 e. The molecule has 4 aromatic carbocycles. The Labute approximate surface area is 222 Å². The zero-order valence-corrected chi connectivity index (χ0v) is 21.1. The fraction of sp³-hybridized carbons (Fsp3) is 0.188. The quantitative estimate of drug-likeness (QED) is 0.281. The maximum atomic E-state index is 12.6. The molecule has 0 radical (unpaired) electrons. The molecule has 0 spiro atoms. The van der Waals surface area contributed by atoms with Gasteiger partial charge in [0.1, 0.15) is 11.8 Å².